The Morgan fingerprint density at radius 1 is 1.21 bits per heavy atom. The number of morpholine rings is 1. The second-order valence-electron chi connectivity index (χ2n) is 8.51. The van der Waals surface area contributed by atoms with Crippen molar-refractivity contribution in [2.75, 3.05) is 46.4 Å². The number of nitrogens with one attached hydrogen (secondary N) is 2. The Hall–Kier alpha value is -0.930. The van der Waals surface area contributed by atoms with Crippen LogP contribution in [0.25, 0.3) is 0 Å². The van der Waals surface area contributed by atoms with Gasteiger partial charge in [0.2, 0.25) is 0 Å². The van der Waals surface area contributed by atoms with Crippen LogP contribution in [0.15, 0.2) is 29.3 Å². The van der Waals surface area contributed by atoms with E-state index in [1.165, 1.54) is 32.1 Å². The average Bonchev–Trinajstić information content (AvgIpc) is 3.53. The van der Waals surface area contributed by atoms with Crippen LogP contribution in [0.5, 0.6) is 0 Å². The smallest absolute Gasteiger partial charge is 0.191 e. The summed E-state index contributed by atoms with van der Waals surface area (Å²) in [6.45, 7) is 5.03. The number of halogens is 2. The van der Waals surface area contributed by atoms with E-state index in [0.717, 1.165) is 56.8 Å². The van der Waals surface area contributed by atoms with Crippen molar-refractivity contribution in [3.8, 4) is 0 Å². The molecule has 3 fully saturated rings. The number of guanidine groups is 1. The fraction of sp³-hybridized carbons (Fsp3) is 0.682. The molecule has 0 aromatic heterocycles. The minimum Gasteiger partial charge on any atom is -0.379 e. The Morgan fingerprint density at radius 2 is 1.90 bits per heavy atom. The van der Waals surface area contributed by atoms with E-state index in [1.54, 1.807) is 12.1 Å². The minimum atomic E-state index is -0.194. The standard InChI is InChI=1S/C22H33FN4O.HI/c1-24-21(26-16-22(9-2-10-22)18-5-6-18)25-15-20(27-11-13-28-14-12-27)17-3-7-19(23)8-4-17;/h3-4,7-8,18,20H,2,5-6,9-16H2,1H3,(H2,24,25,26);1H. The predicted octanol–water partition coefficient (Wildman–Crippen LogP) is 3.56. The number of rotatable bonds is 7. The summed E-state index contributed by atoms with van der Waals surface area (Å²) >= 11 is 0. The summed E-state index contributed by atoms with van der Waals surface area (Å²) in [7, 11) is 1.83. The van der Waals surface area contributed by atoms with E-state index in [2.05, 4.69) is 20.5 Å². The van der Waals surface area contributed by atoms with E-state index in [0.29, 0.717) is 5.41 Å². The summed E-state index contributed by atoms with van der Waals surface area (Å²) in [5, 5.41) is 7.11. The molecule has 1 atom stereocenters. The lowest BCUT2D eigenvalue weighted by atomic mass is 9.65. The van der Waals surface area contributed by atoms with Crippen molar-refractivity contribution in [3.05, 3.63) is 35.6 Å². The van der Waals surface area contributed by atoms with Crippen molar-refractivity contribution < 1.29 is 9.13 Å². The second kappa shape index (κ2) is 10.4. The first-order chi connectivity index (χ1) is 13.7. The molecule has 2 N–H and O–H groups in total. The van der Waals surface area contributed by atoms with Gasteiger partial charge in [0, 0.05) is 33.2 Å². The molecule has 1 aromatic rings. The first-order valence-electron chi connectivity index (χ1n) is 10.7. The first-order valence-corrected chi connectivity index (χ1v) is 10.7. The molecular weight excluding hydrogens is 482 g/mol. The Balaban J connectivity index is 0.00000240. The molecule has 5 nitrogen and oxygen atoms in total. The monoisotopic (exact) mass is 516 g/mol. The van der Waals surface area contributed by atoms with Gasteiger partial charge in [-0.2, -0.15) is 0 Å². The lowest BCUT2D eigenvalue weighted by Crippen LogP contribution is -2.50. The van der Waals surface area contributed by atoms with Crippen LogP contribution in [0.3, 0.4) is 0 Å². The highest BCUT2D eigenvalue weighted by molar-refractivity contribution is 14.0. The van der Waals surface area contributed by atoms with Gasteiger partial charge in [0.15, 0.2) is 5.96 Å². The van der Waals surface area contributed by atoms with E-state index in [-0.39, 0.29) is 35.8 Å². The minimum absolute atomic E-state index is 0. The molecule has 1 saturated heterocycles. The molecule has 0 amide bonds. The van der Waals surface area contributed by atoms with Gasteiger partial charge in [-0.15, -0.1) is 24.0 Å². The van der Waals surface area contributed by atoms with Gasteiger partial charge in [-0.1, -0.05) is 18.6 Å². The predicted molar refractivity (Wildman–Crippen MR) is 125 cm³/mol. The van der Waals surface area contributed by atoms with Gasteiger partial charge in [0.05, 0.1) is 19.3 Å². The molecular formula is C22H34FIN4O. The maximum Gasteiger partial charge on any atom is 0.191 e. The van der Waals surface area contributed by atoms with E-state index in [4.69, 9.17) is 4.74 Å². The molecule has 0 spiro atoms. The van der Waals surface area contributed by atoms with Crippen LogP contribution in [-0.4, -0.2) is 57.3 Å². The third kappa shape index (κ3) is 5.61. The second-order valence-corrected chi connectivity index (χ2v) is 8.51. The number of aliphatic imine (C=N–C) groups is 1. The highest BCUT2D eigenvalue weighted by Crippen LogP contribution is 2.56. The molecule has 29 heavy (non-hydrogen) atoms. The summed E-state index contributed by atoms with van der Waals surface area (Å²) in [6, 6.07) is 7.05. The number of ether oxygens (including phenoxy) is 1. The van der Waals surface area contributed by atoms with Crippen molar-refractivity contribution in [3.63, 3.8) is 0 Å². The molecule has 162 valence electrons. The largest absolute Gasteiger partial charge is 0.379 e. The van der Waals surface area contributed by atoms with Crippen LogP contribution in [0.1, 0.15) is 43.7 Å². The summed E-state index contributed by atoms with van der Waals surface area (Å²) in [5.41, 5.74) is 1.64. The van der Waals surface area contributed by atoms with Crippen LogP contribution in [0.4, 0.5) is 4.39 Å². The SMILES string of the molecule is CN=C(NCC(c1ccc(F)cc1)N1CCOCC1)NCC1(C2CC2)CCC1.I. The molecule has 2 aliphatic carbocycles. The summed E-state index contributed by atoms with van der Waals surface area (Å²) in [5.74, 6) is 1.60. The summed E-state index contributed by atoms with van der Waals surface area (Å²) in [6.07, 6.45) is 6.88. The van der Waals surface area contributed by atoms with Crippen molar-refractivity contribution >= 4 is 29.9 Å². The fourth-order valence-corrected chi connectivity index (χ4v) is 4.76. The highest BCUT2D eigenvalue weighted by atomic mass is 127. The molecule has 0 bridgehead atoms. The molecule has 1 heterocycles. The van der Waals surface area contributed by atoms with Gasteiger partial charge in [0.1, 0.15) is 5.82 Å². The van der Waals surface area contributed by atoms with Crippen molar-refractivity contribution in [2.24, 2.45) is 16.3 Å². The van der Waals surface area contributed by atoms with Gasteiger partial charge < -0.3 is 15.4 Å². The first kappa shape index (κ1) is 22.7. The van der Waals surface area contributed by atoms with Crippen molar-refractivity contribution in [2.45, 2.75) is 38.1 Å². The lowest BCUT2D eigenvalue weighted by molar-refractivity contribution is 0.0169. The topological polar surface area (TPSA) is 48.9 Å². The zero-order valence-corrected chi connectivity index (χ0v) is 19.7. The maximum atomic E-state index is 13.4. The van der Waals surface area contributed by atoms with Gasteiger partial charge >= 0.3 is 0 Å². The Bertz CT molecular complexity index is 670. The third-order valence-corrected chi connectivity index (χ3v) is 6.83. The van der Waals surface area contributed by atoms with Crippen molar-refractivity contribution in [1.82, 2.24) is 15.5 Å². The third-order valence-electron chi connectivity index (χ3n) is 6.83. The van der Waals surface area contributed by atoms with Crippen molar-refractivity contribution in [1.29, 1.82) is 0 Å². The van der Waals surface area contributed by atoms with Crippen LogP contribution in [0, 0.1) is 17.2 Å². The van der Waals surface area contributed by atoms with Crippen LogP contribution in [0.2, 0.25) is 0 Å². The van der Waals surface area contributed by atoms with Crippen LogP contribution >= 0.6 is 24.0 Å². The molecule has 4 rings (SSSR count). The molecule has 0 radical (unpaired) electrons. The Morgan fingerprint density at radius 3 is 2.45 bits per heavy atom. The van der Waals surface area contributed by atoms with E-state index < -0.39 is 0 Å². The Kier molecular flexibility index (Phi) is 8.15. The quantitative estimate of drug-likeness (QED) is 0.331. The van der Waals surface area contributed by atoms with E-state index in [1.807, 2.05) is 19.2 Å². The molecule has 7 heteroatoms. The molecule has 1 aromatic carbocycles. The fourth-order valence-electron chi connectivity index (χ4n) is 4.76. The molecule has 1 unspecified atom stereocenters. The summed E-state index contributed by atoms with van der Waals surface area (Å²) in [4.78, 5) is 6.86. The number of hydrogen-bond acceptors (Lipinski definition) is 3. The molecule has 3 aliphatic rings. The molecule has 2 saturated carbocycles. The normalized spacial score (nSPS) is 22.9. The highest BCUT2D eigenvalue weighted by Gasteiger charge is 2.48. The van der Waals surface area contributed by atoms with E-state index in [9.17, 15) is 4.39 Å². The average molecular weight is 516 g/mol. The zero-order valence-electron chi connectivity index (χ0n) is 17.3. The van der Waals surface area contributed by atoms with Gasteiger partial charge in [-0.05, 0) is 54.7 Å². The Labute approximate surface area is 190 Å². The zero-order chi connectivity index (χ0) is 19.4. The number of benzene rings is 1. The van der Waals surface area contributed by atoms with Gasteiger partial charge in [-0.3, -0.25) is 9.89 Å². The lowest BCUT2D eigenvalue weighted by Gasteiger charge is -2.43. The maximum absolute atomic E-state index is 13.4. The van der Waals surface area contributed by atoms with Gasteiger partial charge in [0.25, 0.3) is 0 Å². The van der Waals surface area contributed by atoms with E-state index >= 15 is 0 Å². The van der Waals surface area contributed by atoms with Gasteiger partial charge in [-0.25, -0.2) is 4.39 Å². The molecule has 1 aliphatic heterocycles. The number of hydrogen-bond donors (Lipinski definition) is 2. The summed E-state index contributed by atoms with van der Waals surface area (Å²) < 4.78 is 18.9. The number of nitrogens with zero attached hydrogens (tertiary/aromatic N) is 2. The van der Waals surface area contributed by atoms with Crippen LogP contribution in [-0.2, 0) is 4.74 Å². The van der Waals surface area contributed by atoms with Crippen LogP contribution < -0.4 is 10.6 Å².